The highest BCUT2D eigenvalue weighted by Crippen LogP contribution is 2.33. The van der Waals surface area contributed by atoms with E-state index in [0.29, 0.717) is 11.5 Å². The second kappa shape index (κ2) is 8.00. The zero-order valence-corrected chi connectivity index (χ0v) is 15.6. The number of benzene rings is 2. The summed E-state index contributed by atoms with van der Waals surface area (Å²) in [5, 5.41) is 0.0222. The third kappa shape index (κ3) is 5.47. The largest absolute Gasteiger partial charge is 0.439 e. The Hall–Kier alpha value is -2.54. The Kier molecular flexibility index (Phi) is 5.70. The predicted octanol–water partition coefficient (Wildman–Crippen LogP) is 6.20. The van der Waals surface area contributed by atoms with Crippen LogP contribution in [0, 0.1) is 13.8 Å². The molecule has 7 heteroatoms. The minimum Gasteiger partial charge on any atom is -0.439 e. The Morgan fingerprint density at radius 1 is 0.926 bits per heavy atom. The van der Waals surface area contributed by atoms with Crippen LogP contribution in [0.15, 0.2) is 59.8 Å². The first kappa shape index (κ1) is 19.2. The second-order valence-corrected chi connectivity index (χ2v) is 7.01. The Labute approximate surface area is 159 Å². The molecule has 0 atom stereocenters. The number of aryl methyl sites for hydroxylation is 2. The van der Waals surface area contributed by atoms with Crippen molar-refractivity contribution in [2.45, 2.75) is 30.9 Å². The first-order valence-corrected chi connectivity index (χ1v) is 9.17. The summed E-state index contributed by atoms with van der Waals surface area (Å²) >= 11 is 1.14. The molecule has 0 saturated carbocycles. The zero-order valence-electron chi connectivity index (χ0n) is 14.7. The molecule has 0 unspecified atom stereocenters. The van der Waals surface area contributed by atoms with Gasteiger partial charge in [0.1, 0.15) is 5.75 Å². The smallest absolute Gasteiger partial charge is 0.433 e. The molecule has 0 amide bonds. The van der Waals surface area contributed by atoms with Gasteiger partial charge in [-0.25, -0.2) is 4.98 Å². The number of nitrogens with zero attached hydrogens (tertiary/aromatic N) is 2. The maximum absolute atomic E-state index is 13.2. The lowest BCUT2D eigenvalue weighted by molar-refractivity contribution is -0.141. The van der Waals surface area contributed by atoms with Crippen molar-refractivity contribution in [1.29, 1.82) is 0 Å². The quantitative estimate of drug-likeness (QED) is 0.384. The fraction of sp³-hybridized carbons (Fsp3) is 0.200. The van der Waals surface area contributed by atoms with Crippen molar-refractivity contribution in [1.82, 2.24) is 9.97 Å². The van der Waals surface area contributed by atoms with Gasteiger partial charge in [-0.05, 0) is 37.1 Å². The molecule has 0 saturated heterocycles. The van der Waals surface area contributed by atoms with Crippen molar-refractivity contribution in [3.63, 3.8) is 0 Å². The van der Waals surface area contributed by atoms with Crippen LogP contribution in [0.25, 0.3) is 0 Å². The molecule has 3 nitrogen and oxygen atoms in total. The zero-order chi connectivity index (χ0) is 19.4. The Balaban J connectivity index is 1.86. The van der Waals surface area contributed by atoms with E-state index < -0.39 is 11.9 Å². The van der Waals surface area contributed by atoms with Crippen LogP contribution in [0.1, 0.15) is 22.4 Å². The number of halogens is 3. The molecule has 3 rings (SSSR count). The van der Waals surface area contributed by atoms with Gasteiger partial charge >= 0.3 is 6.18 Å². The highest BCUT2D eigenvalue weighted by molar-refractivity contribution is 7.98. The average Bonchev–Trinajstić information content (AvgIpc) is 2.59. The average molecular weight is 390 g/mol. The summed E-state index contributed by atoms with van der Waals surface area (Å²) in [5.74, 6) is 0.762. The first-order chi connectivity index (χ1) is 12.8. The summed E-state index contributed by atoms with van der Waals surface area (Å²) in [5.41, 5.74) is 1.99. The molecule has 0 N–H and O–H groups in total. The number of alkyl halides is 3. The highest BCUT2D eigenvalue weighted by Gasteiger charge is 2.34. The van der Waals surface area contributed by atoms with Crippen LogP contribution < -0.4 is 4.74 Å². The van der Waals surface area contributed by atoms with Crippen LogP contribution in [-0.4, -0.2) is 9.97 Å². The van der Waals surface area contributed by atoms with E-state index in [0.717, 1.165) is 34.5 Å². The maximum atomic E-state index is 13.2. The first-order valence-electron chi connectivity index (χ1n) is 8.19. The van der Waals surface area contributed by atoms with Crippen LogP contribution in [0.3, 0.4) is 0 Å². The van der Waals surface area contributed by atoms with Crippen LogP contribution in [0.4, 0.5) is 13.2 Å². The van der Waals surface area contributed by atoms with Crippen molar-refractivity contribution in [3.8, 4) is 11.6 Å². The van der Waals surface area contributed by atoms with Crippen molar-refractivity contribution in [3.05, 3.63) is 77.0 Å². The molecule has 1 heterocycles. The molecule has 0 aliphatic rings. The lowest BCUT2D eigenvalue weighted by Gasteiger charge is -2.11. The fourth-order valence-corrected chi connectivity index (χ4v) is 3.21. The van der Waals surface area contributed by atoms with Crippen LogP contribution in [0.5, 0.6) is 11.6 Å². The molecule has 1 aromatic heterocycles. The van der Waals surface area contributed by atoms with Crippen LogP contribution in [0.2, 0.25) is 0 Å². The van der Waals surface area contributed by atoms with E-state index >= 15 is 0 Å². The number of hydrogen-bond donors (Lipinski definition) is 0. The van der Waals surface area contributed by atoms with E-state index in [4.69, 9.17) is 4.74 Å². The molecule has 0 spiro atoms. The van der Waals surface area contributed by atoms with E-state index in [1.165, 1.54) is 0 Å². The van der Waals surface area contributed by atoms with Gasteiger partial charge in [0, 0.05) is 11.8 Å². The Morgan fingerprint density at radius 2 is 1.63 bits per heavy atom. The van der Waals surface area contributed by atoms with E-state index in [2.05, 4.69) is 9.97 Å². The number of hydrogen-bond acceptors (Lipinski definition) is 4. The monoisotopic (exact) mass is 390 g/mol. The van der Waals surface area contributed by atoms with Crippen LogP contribution >= 0.6 is 11.8 Å². The van der Waals surface area contributed by atoms with Crippen molar-refractivity contribution >= 4 is 11.8 Å². The van der Waals surface area contributed by atoms with Crippen molar-refractivity contribution in [2.75, 3.05) is 0 Å². The minimum atomic E-state index is -4.58. The lowest BCUT2D eigenvalue weighted by Crippen LogP contribution is -2.10. The van der Waals surface area contributed by atoms with Gasteiger partial charge in [-0.2, -0.15) is 18.2 Å². The summed E-state index contributed by atoms with van der Waals surface area (Å²) in [6, 6.07) is 15.6. The SMILES string of the molecule is Cc1cccc(CSc2nc(Oc3cccc(C)c3)cc(C(F)(F)F)n2)c1. The molecule has 0 radical (unpaired) electrons. The van der Waals surface area contributed by atoms with Gasteiger partial charge in [0.05, 0.1) is 0 Å². The number of rotatable bonds is 5. The summed E-state index contributed by atoms with van der Waals surface area (Å²) in [7, 11) is 0. The topological polar surface area (TPSA) is 35.0 Å². The molecular weight excluding hydrogens is 373 g/mol. The molecule has 0 fully saturated rings. The van der Waals surface area contributed by atoms with Gasteiger partial charge in [-0.3, -0.25) is 0 Å². The third-order valence-electron chi connectivity index (χ3n) is 3.63. The predicted molar refractivity (Wildman–Crippen MR) is 99.0 cm³/mol. The van der Waals surface area contributed by atoms with Gasteiger partial charge in [-0.15, -0.1) is 0 Å². The molecule has 140 valence electrons. The van der Waals surface area contributed by atoms with Crippen molar-refractivity contribution < 1.29 is 17.9 Å². The molecule has 0 aliphatic heterocycles. The molecule has 3 aromatic rings. The van der Waals surface area contributed by atoms with E-state index in [1.54, 1.807) is 18.2 Å². The van der Waals surface area contributed by atoms with Crippen molar-refractivity contribution in [2.24, 2.45) is 0 Å². The summed E-state index contributed by atoms with van der Waals surface area (Å²) in [6.45, 7) is 3.83. The van der Waals surface area contributed by atoms with Gasteiger partial charge in [-0.1, -0.05) is 53.7 Å². The highest BCUT2D eigenvalue weighted by atomic mass is 32.2. The summed E-state index contributed by atoms with van der Waals surface area (Å²) < 4.78 is 45.2. The van der Waals surface area contributed by atoms with Gasteiger partial charge in [0.25, 0.3) is 0 Å². The third-order valence-corrected chi connectivity index (χ3v) is 4.55. The van der Waals surface area contributed by atoms with Crippen LogP contribution in [-0.2, 0) is 11.9 Å². The normalized spacial score (nSPS) is 11.4. The van der Waals surface area contributed by atoms with Gasteiger partial charge < -0.3 is 4.74 Å². The molecule has 0 bridgehead atoms. The second-order valence-electron chi connectivity index (χ2n) is 6.07. The number of aromatic nitrogens is 2. The standard InChI is InChI=1S/C20H17F3N2OS/c1-13-5-3-7-15(9-13)12-27-19-24-17(20(21,22)23)11-18(25-19)26-16-8-4-6-14(2)10-16/h3-11H,12H2,1-2H3. The van der Waals surface area contributed by atoms with E-state index in [-0.39, 0.29) is 11.0 Å². The molecule has 2 aromatic carbocycles. The van der Waals surface area contributed by atoms with Gasteiger partial charge in [0.15, 0.2) is 10.9 Å². The summed E-state index contributed by atoms with van der Waals surface area (Å²) in [6.07, 6.45) is -4.58. The van der Waals surface area contributed by atoms with E-state index in [9.17, 15) is 13.2 Å². The molecular formula is C20H17F3N2OS. The minimum absolute atomic E-state index is 0.0222. The number of ether oxygens (including phenoxy) is 1. The molecule has 27 heavy (non-hydrogen) atoms. The fourth-order valence-electron chi connectivity index (χ4n) is 2.42. The summed E-state index contributed by atoms with van der Waals surface area (Å²) in [4.78, 5) is 7.79. The van der Waals surface area contributed by atoms with E-state index in [1.807, 2.05) is 44.2 Å². The maximum Gasteiger partial charge on any atom is 0.433 e. The van der Waals surface area contributed by atoms with Gasteiger partial charge in [0.2, 0.25) is 5.88 Å². The molecule has 0 aliphatic carbocycles. The Bertz CT molecular complexity index is 945. The Morgan fingerprint density at radius 3 is 2.30 bits per heavy atom. The lowest BCUT2D eigenvalue weighted by atomic mass is 10.2. The number of thioether (sulfide) groups is 1.